The van der Waals surface area contributed by atoms with E-state index in [1.54, 1.807) is 11.4 Å². The second-order valence-electron chi connectivity index (χ2n) is 13.2. The highest BCUT2D eigenvalue weighted by Gasteiger charge is 2.42. The molecule has 1 atom stereocenters. The topological polar surface area (TPSA) is 18.8 Å². The highest BCUT2D eigenvalue weighted by Crippen LogP contribution is 2.46. The average Bonchev–Trinajstić information content (AvgIpc) is 3.67. The fraction of sp³-hybridized carbons (Fsp3) is 0.743. The molecule has 4 fully saturated rings. The van der Waals surface area contributed by atoms with Crippen molar-refractivity contribution in [3.05, 3.63) is 41.3 Å². The molecule has 6 rings (SSSR count). The van der Waals surface area contributed by atoms with Crippen LogP contribution in [0.1, 0.15) is 147 Å². The Balaban J connectivity index is 1.42. The van der Waals surface area contributed by atoms with Gasteiger partial charge in [-0.15, -0.1) is 0 Å². The summed E-state index contributed by atoms with van der Waals surface area (Å²) in [4.78, 5) is 11.6. The van der Waals surface area contributed by atoms with E-state index in [4.69, 9.17) is 4.99 Å². The van der Waals surface area contributed by atoms with E-state index < -0.39 is 0 Å². The molecule has 0 spiro atoms. The molecule has 0 heterocycles. The van der Waals surface area contributed by atoms with Gasteiger partial charge < -0.3 is 9.80 Å². The van der Waals surface area contributed by atoms with Gasteiger partial charge in [0.25, 0.3) is 0 Å². The normalized spacial score (nSPS) is 23.9. The van der Waals surface area contributed by atoms with Crippen LogP contribution < -0.4 is 15.2 Å². The Morgan fingerprint density at radius 3 is 1.21 bits per heavy atom. The zero-order chi connectivity index (χ0) is 25.7. The summed E-state index contributed by atoms with van der Waals surface area (Å²) < 4.78 is 0. The lowest BCUT2D eigenvalue weighted by atomic mass is 9.88. The maximum Gasteiger partial charge on any atom is 0.109 e. The summed E-state index contributed by atoms with van der Waals surface area (Å²) in [6.07, 6.45) is 28.2. The van der Waals surface area contributed by atoms with Gasteiger partial charge in [0.2, 0.25) is 0 Å². The molecular formula is C35H53N3. The van der Waals surface area contributed by atoms with Crippen LogP contribution in [0, 0.1) is 0 Å². The Morgan fingerprint density at radius 2 is 0.868 bits per heavy atom. The van der Waals surface area contributed by atoms with Gasteiger partial charge >= 0.3 is 0 Å². The van der Waals surface area contributed by atoms with Crippen LogP contribution in [0.3, 0.4) is 0 Å². The second-order valence-corrected chi connectivity index (χ2v) is 13.2. The van der Waals surface area contributed by atoms with E-state index in [-0.39, 0.29) is 6.04 Å². The highest BCUT2D eigenvalue weighted by molar-refractivity contribution is 5.86. The van der Waals surface area contributed by atoms with Gasteiger partial charge in [0, 0.05) is 24.2 Å². The monoisotopic (exact) mass is 515 g/mol. The number of hydrogen-bond donors (Lipinski definition) is 0. The van der Waals surface area contributed by atoms with Crippen molar-refractivity contribution in [3.63, 3.8) is 0 Å². The van der Waals surface area contributed by atoms with Gasteiger partial charge in [0.15, 0.2) is 0 Å². The molecule has 0 aliphatic heterocycles. The first-order valence-corrected chi connectivity index (χ1v) is 16.8. The lowest BCUT2D eigenvalue weighted by molar-refractivity contribution is 0.335. The molecule has 2 aromatic rings. The molecule has 3 nitrogen and oxygen atoms in total. The molecule has 4 aliphatic carbocycles. The Bertz CT molecular complexity index is 902. The van der Waals surface area contributed by atoms with Crippen molar-refractivity contribution in [1.82, 2.24) is 0 Å². The van der Waals surface area contributed by atoms with Crippen LogP contribution in [0.2, 0.25) is 0 Å². The van der Waals surface area contributed by atoms with Crippen LogP contribution in [0.4, 0.5) is 11.4 Å². The molecule has 4 aliphatic rings. The third-order valence-electron chi connectivity index (χ3n) is 10.6. The SMILES string of the molecule is C[C@H](N=c1c(N(C2CCCCC2)C2CCCCC2)c1N(C1CCCCC1)C1CCCCC1)c1ccccc1. The van der Waals surface area contributed by atoms with E-state index in [1.165, 1.54) is 139 Å². The third kappa shape index (κ3) is 5.87. The number of anilines is 2. The summed E-state index contributed by atoms with van der Waals surface area (Å²) in [7, 11) is 0. The third-order valence-corrected chi connectivity index (χ3v) is 10.6. The molecule has 0 N–H and O–H groups in total. The van der Waals surface area contributed by atoms with Gasteiger partial charge in [0.1, 0.15) is 5.36 Å². The van der Waals surface area contributed by atoms with Crippen LogP contribution in [0.15, 0.2) is 35.3 Å². The Labute approximate surface area is 232 Å². The van der Waals surface area contributed by atoms with E-state index in [0.717, 1.165) is 24.2 Å². The van der Waals surface area contributed by atoms with Crippen LogP contribution in [0.5, 0.6) is 0 Å². The fourth-order valence-corrected chi connectivity index (χ4v) is 8.53. The number of nitrogens with zero attached hydrogens (tertiary/aromatic N) is 3. The second kappa shape index (κ2) is 12.6. The first-order valence-electron chi connectivity index (χ1n) is 16.8. The average molecular weight is 516 g/mol. The lowest BCUT2D eigenvalue weighted by Crippen LogP contribution is -2.46. The van der Waals surface area contributed by atoms with Gasteiger partial charge in [0.05, 0.1) is 17.4 Å². The minimum absolute atomic E-state index is 0.220. The van der Waals surface area contributed by atoms with Gasteiger partial charge in [-0.1, -0.05) is 107 Å². The van der Waals surface area contributed by atoms with Gasteiger partial charge in [-0.05, 0) is 63.9 Å². The van der Waals surface area contributed by atoms with E-state index >= 15 is 0 Å². The first-order chi connectivity index (χ1) is 18.8. The molecule has 208 valence electrons. The van der Waals surface area contributed by atoms with Crippen LogP contribution in [-0.4, -0.2) is 24.2 Å². The van der Waals surface area contributed by atoms with Crippen molar-refractivity contribution < 1.29 is 0 Å². The minimum Gasteiger partial charge on any atom is -0.362 e. The maximum absolute atomic E-state index is 5.60. The predicted octanol–water partition coefficient (Wildman–Crippen LogP) is 9.17. The minimum atomic E-state index is 0.220. The number of benzene rings is 1. The summed E-state index contributed by atoms with van der Waals surface area (Å²) in [6, 6.07) is 14.2. The molecule has 0 bridgehead atoms. The van der Waals surface area contributed by atoms with Crippen LogP contribution >= 0.6 is 0 Å². The zero-order valence-electron chi connectivity index (χ0n) is 24.3. The highest BCUT2D eigenvalue weighted by atomic mass is 15.3. The first kappa shape index (κ1) is 26.5. The summed E-state index contributed by atoms with van der Waals surface area (Å²) in [5.41, 5.74) is 4.58. The Morgan fingerprint density at radius 1 is 0.526 bits per heavy atom. The van der Waals surface area contributed by atoms with Crippen molar-refractivity contribution in [3.8, 4) is 0 Å². The maximum atomic E-state index is 5.60. The molecule has 3 heteroatoms. The van der Waals surface area contributed by atoms with Crippen molar-refractivity contribution in [2.75, 3.05) is 9.80 Å². The molecule has 4 saturated carbocycles. The lowest BCUT2D eigenvalue weighted by Gasteiger charge is -2.44. The summed E-state index contributed by atoms with van der Waals surface area (Å²) in [6.45, 7) is 2.33. The molecule has 0 saturated heterocycles. The number of hydrogen-bond acceptors (Lipinski definition) is 3. The smallest absolute Gasteiger partial charge is 0.109 e. The fourth-order valence-electron chi connectivity index (χ4n) is 8.53. The number of rotatable bonds is 8. The molecule has 38 heavy (non-hydrogen) atoms. The van der Waals surface area contributed by atoms with Crippen molar-refractivity contribution in [1.29, 1.82) is 0 Å². The standard InChI is InChI=1S/C35H53N3/c1-27(28-17-7-2-8-18-28)36-33-34(37(29-19-9-3-10-20-29)30-21-11-4-12-22-30)35(33)38(31-23-13-5-14-24-31)32-25-15-6-16-26-32/h2,7-8,17-18,27,29-32H,3-6,9-16,19-26H2,1H3/t27-/m0/s1. The van der Waals surface area contributed by atoms with E-state index in [1.807, 2.05) is 0 Å². The zero-order valence-corrected chi connectivity index (χ0v) is 24.3. The molecular weight excluding hydrogens is 462 g/mol. The summed E-state index contributed by atoms with van der Waals surface area (Å²) in [5.74, 6) is 0. The van der Waals surface area contributed by atoms with E-state index in [2.05, 4.69) is 47.1 Å². The molecule has 0 unspecified atom stereocenters. The van der Waals surface area contributed by atoms with Crippen molar-refractivity contribution in [2.24, 2.45) is 4.99 Å². The van der Waals surface area contributed by atoms with Gasteiger partial charge in [-0.25, -0.2) is 0 Å². The Kier molecular flexibility index (Phi) is 8.77. The van der Waals surface area contributed by atoms with E-state index in [0.29, 0.717) is 0 Å². The van der Waals surface area contributed by atoms with Gasteiger partial charge in [-0.2, -0.15) is 0 Å². The molecule has 0 aromatic heterocycles. The van der Waals surface area contributed by atoms with Crippen LogP contribution in [0.25, 0.3) is 0 Å². The molecule has 0 radical (unpaired) electrons. The van der Waals surface area contributed by atoms with Crippen molar-refractivity contribution in [2.45, 2.75) is 166 Å². The Hall–Kier alpha value is -1.77. The summed E-state index contributed by atoms with van der Waals surface area (Å²) >= 11 is 0. The molecule has 2 aromatic carbocycles. The van der Waals surface area contributed by atoms with Crippen LogP contribution in [-0.2, 0) is 0 Å². The predicted molar refractivity (Wildman–Crippen MR) is 162 cm³/mol. The molecule has 0 amide bonds. The largest absolute Gasteiger partial charge is 0.362 e. The quantitative estimate of drug-likeness (QED) is 0.349. The van der Waals surface area contributed by atoms with Crippen molar-refractivity contribution >= 4 is 11.4 Å². The summed E-state index contributed by atoms with van der Waals surface area (Å²) in [5, 5.41) is 1.41. The van der Waals surface area contributed by atoms with E-state index in [9.17, 15) is 0 Å². The van der Waals surface area contributed by atoms with Gasteiger partial charge in [-0.3, -0.25) is 4.99 Å².